The van der Waals surface area contributed by atoms with E-state index in [1.807, 2.05) is 111 Å². The van der Waals surface area contributed by atoms with Crippen LogP contribution < -0.4 is 28.7 Å². The van der Waals surface area contributed by atoms with Crippen LogP contribution in [-0.2, 0) is 22.6 Å². The highest BCUT2D eigenvalue weighted by Crippen LogP contribution is 2.40. The first-order valence-corrected chi connectivity index (χ1v) is 23.3. The van der Waals surface area contributed by atoms with E-state index in [-0.39, 0.29) is 11.9 Å². The maximum atomic E-state index is 12.7. The molecule has 2 aliphatic rings. The molecule has 2 fully saturated rings. The van der Waals surface area contributed by atoms with Crippen LogP contribution >= 0.6 is 22.7 Å². The summed E-state index contributed by atoms with van der Waals surface area (Å²) < 4.78 is 33.9. The SMILES string of the molecule is CCOC(=O)c1ccc(N(Cc2cncs2)c2ccc(OC)c(OCC3CC3)c2)cc1.COc1ccc(N(Cc2cncs2)c2cccc(C(=O)OC(C)(C)C)c2)cc1OCC1CC1. The van der Waals surface area contributed by atoms with Crippen molar-refractivity contribution >= 4 is 57.4 Å². The Morgan fingerprint density at radius 1 is 0.625 bits per heavy atom. The summed E-state index contributed by atoms with van der Waals surface area (Å²) in [6.07, 6.45) is 8.63. The monoisotopic (exact) mass is 904 g/mol. The van der Waals surface area contributed by atoms with Crippen LogP contribution in [0.5, 0.6) is 23.0 Å². The predicted molar refractivity (Wildman–Crippen MR) is 252 cm³/mol. The van der Waals surface area contributed by atoms with Gasteiger partial charge < -0.3 is 38.2 Å². The molecule has 336 valence electrons. The molecule has 0 saturated heterocycles. The fourth-order valence-electron chi connectivity index (χ4n) is 6.62. The fraction of sp³-hybridized carbons (Fsp3) is 0.360. The molecule has 0 radical (unpaired) electrons. The second-order valence-electron chi connectivity index (χ2n) is 16.6. The maximum absolute atomic E-state index is 12.7. The Bertz CT molecular complexity index is 2430. The van der Waals surface area contributed by atoms with Gasteiger partial charge in [0.15, 0.2) is 23.0 Å². The molecule has 8 rings (SSSR count). The summed E-state index contributed by atoms with van der Waals surface area (Å²) in [5.74, 6) is 3.52. The average Bonchev–Trinajstić information content (AvgIpc) is 4.20. The standard InChI is InChI=1S/C26H30N2O4S.C24H26N2O4S/c1-26(2,3)32-25(29)19-6-5-7-20(12-19)28(15-22-14-27-17-33-22)21-10-11-23(30-4)24(13-21)31-16-18-8-9-18;1-3-29-24(27)18-6-8-19(9-7-18)26(14-21-13-25-16-31-21)20-10-11-22(28-2)23(12-20)30-15-17-4-5-17/h5-7,10-14,17-18H,8-9,15-16H2,1-4H3;6-13,16-17H,3-5,14-15H2,1-2H3. The zero-order valence-electron chi connectivity index (χ0n) is 37.3. The van der Waals surface area contributed by atoms with E-state index in [1.165, 1.54) is 25.7 Å². The molecule has 0 aliphatic heterocycles. The van der Waals surface area contributed by atoms with Gasteiger partial charge in [-0.1, -0.05) is 6.07 Å². The molecular formula is C50H56N4O8S2. The topological polar surface area (TPSA) is 122 Å². The molecule has 4 aromatic carbocycles. The van der Waals surface area contributed by atoms with Crippen molar-refractivity contribution in [1.82, 2.24) is 9.97 Å². The van der Waals surface area contributed by atoms with Crippen molar-refractivity contribution in [1.29, 1.82) is 0 Å². The van der Waals surface area contributed by atoms with E-state index in [0.29, 0.717) is 61.6 Å². The number of thiazole rings is 2. The van der Waals surface area contributed by atoms with E-state index >= 15 is 0 Å². The van der Waals surface area contributed by atoms with Crippen LogP contribution in [0.4, 0.5) is 22.7 Å². The molecule has 2 heterocycles. The summed E-state index contributed by atoms with van der Waals surface area (Å²) in [6, 6.07) is 26.9. The van der Waals surface area contributed by atoms with Crippen LogP contribution in [-0.4, -0.2) is 61.5 Å². The molecule has 12 nitrogen and oxygen atoms in total. The lowest BCUT2D eigenvalue weighted by Gasteiger charge is -2.26. The van der Waals surface area contributed by atoms with E-state index in [4.69, 9.17) is 28.4 Å². The number of aromatic nitrogens is 2. The number of carbonyl (C=O) groups excluding carboxylic acids is 2. The van der Waals surface area contributed by atoms with E-state index in [1.54, 1.807) is 62.0 Å². The van der Waals surface area contributed by atoms with Gasteiger partial charge in [0.05, 0.1) is 69.3 Å². The molecule has 2 aromatic heterocycles. The first kappa shape index (κ1) is 45.9. The second-order valence-corrected chi connectivity index (χ2v) is 18.5. The first-order valence-electron chi connectivity index (χ1n) is 21.5. The van der Waals surface area contributed by atoms with Gasteiger partial charge in [0.25, 0.3) is 0 Å². The molecule has 2 aliphatic carbocycles. The third-order valence-corrected chi connectivity index (χ3v) is 11.9. The quantitative estimate of drug-likeness (QED) is 0.0719. The minimum Gasteiger partial charge on any atom is -0.493 e. The van der Waals surface area contributed by atoms with E-state index in [2.05, 4.69) is 19.8 Å². The number of carbonyl (C=O) groups is 2. The molecule has 2 saturated carbocycles. The van der Waals surface area contributed by atoms with Gasteiger partial charge in [-0.05, 0) is 132 Å². The van der Waals surface area contributed by atoms with Crippen molar-refractivity contribution in [2.24, 2.45) is 11.8 Å². The molecular weight excluding hydrogens is 849 g/mol. The number of esters is 2. The Labute approximate surface area is 383 Å². The average molecular weight is 905 g/mol. The Morgan fingerprint density at radius 3 is 1.58 bits per heavy atom. The Balaban J connectivity index is 0.000000192. The Morgan fingerprint density at radius 2 is 1.12 bits per heavy atom. The minimum absolute atomic E-state index is 0.316. The predicted octanol–water partition coefficient (Wildman–Crippen LogP) is 11.7. The van der Waals surface area contributed by atoms with Gasteiger partial charge in [-0.2, -0.15) is 0 Å². The number of methoxy groups -OCH3 is 2. The Hall–Kier alpha value is -6.12. The zero-order chi connectivity index (χ0) is 45.1. The molecule has 6 aromatic rings. The second kappa shape index (κ2) is 21.5. The lowest BCUT2D eigenvalue weighted by molar-refractivity contribution is 0.00692. The molecule has 0 unspecified atom stereocenters. The van der Waals surface area contributed by atoms with E-state index < -0.39 is 5.60 Å². The summed E-state index contributed by atoms with van der Waals surface area (Å²) >= 11 is 3.20. The molecule has 0 amide bonds. The smallest absolute Gasteiger partial charge is 0.338 e. The zero-order valence-corrected chi connectivity index (χ0v) is 38.9. The van der Waals surface area contributed by atoms with Crippen LogP contribution in [0.1, 0.15) is 83.8 Å². The molecule has 14 heteroatoms. The highest BCUT2D eigenvalue weighted by molar-refractivity contribution is 7.09. The fourth-order valence-corrected chi connectivity index (χ4v) is 7.79. The minimum atomic E-state index is -0.556. The largest absolute Gasteiger partial charge is 0.493 e. The summed E-state index contributed by atoms with van der Waals surface area (Å²) in [5, 5.41) is 0. The van der Waals surface area contributed by atoms with Gasteiger partial charge >= 0.3 is 11.9 Å². The summed E-state index contributed by atoms with van der Waals surface area (Å²) in [7, 11) is 3.31. The molecule has 64 heavy (non-hydrogen) atoms. The molecule has 0 N–H and O–H groups in total. The normalized spacial score (nSPS) is 13.2. The van der Waals surface area contributed by atoms with Gasteiger partial charge in [0, 0.05) is 57.0 Å². The van der Waals surface area contributed by atoms with Crippen LogP contribution in [0.3, 0.4) is 0 Å². The van der Waals surface area contributed by atoms with Gasteiger partial charge in [-0.3, -0.25) is 9.97 Å². The highest BCUT2D eigenvalue weighted by Gasteiger charge is 2.25. The van der Waals surface area contributed by atoms with Crippen molar-refractivity contribution in [2.75, 3.05) is 43.8 Å². The van der Waals surface area contributed by atoms with Crippen molar-refractivity contribution in [3.8, 4) is 23.0 Å². The lowest BCUT2D eigenvalue weighted by Crippen LogP contribution is -2.24. The number of nitrogens with zero attached hydrogens (tertiary/aromatic N) is 4. The van der Waals surface area contributed by atoms with E-state index in [0.717, 1.165) is 49.8 Å². The molecule has 0 spiro atoms. The summed E-state index contributed by atoms with van der Waals surface area (Å²) in [4.78, 5) is 39.7. The molecule has 0 atom stereocenters. The van der Waals surface area contributed by atoms with Crippen molar-refractivity contribution in [3.05, 3.63) is 129 Å². The number of anilines is 4. The van der Waals surface area contributed by atoms with Crippen LogP contribution in [0.2, 0.25) is 0 Å². The summed E-state index contributed by atoms with van der Waals surface area (Å²) in [5.41, 5.74) is 7.89. The van der Waals surface area contributed by atoms with Gasteiger partial charge in [-0.15, -0.1) is 22.7 Å². The number of ether oxygens (including phenoxy) is 6. The molecule has 0 bridgehead atoms. The third-order valence-electron chi connectivity index (χ3n) is 10.3. The summed E-state index contributed by atoms with van der Waals surface area (Å²) in [6.45, 7) is 10.4. The lowest BCUT2D eigenvalue weighted by atomic mass is 10.1. The number of rotatable bonds is 19. The van der Waals surface area contributed by atoms with Crippen LogP contribution in [0.25, 0.3) is 0 Å². The van der Waals surface area contributed by atoms with E-state index in [9.17, 15) is 9.59 Å². The van der Waals surface area contributed by atoms with Gasteiger partial charge in [0.1, 0.15) is 5.60 Å². The number of benzene rings is 4. The maximum Gasteiger partial charge on any atom is 0.338 e. The van der Waals surface area contributed by atoms with Crippen molar-refractivity contribution in [2.45, 2.75) is 72.1 Å². The number of hydrogen-bond acceptors (Lipinski definition) is 14. The van der Waals surface area contributed by atoms with Crippen LogP contribution in [0, 0.1) is 11.8 Å². The van der Waals surface area contributed by atoms with Crippen LogP contribution in [0.15, 0.2) is 108 Å². The van der Waals surface area contributed by atoms with Gasteiger partial charge in [0.2, 0.25) is 0 Å². The first-order chi connectivity index (χ1) is 31.0. The third kappa shape index (κ3) is 13.0. The van der Waals surface area contributed by atoms with Gasteiger partial charge in [-0.25, -0.2) is 9.59 Å². The highest BCUT2D eigenvalue weighted by atomic mass is 32.1. The van der Waals surface area contributed by atoms with Crippen molar-refractivity contribution < 1.29 is 38.0 Å². The van der Waals surface area contributed by atoms with Crippen molar-refractivity contribution in [3.63, 3.8) is 0 Å². The number of hydrogen-bond donors (Lipinski definition) is 0. The Kier molecular flexibility index (Phi) is 15.4.